The van der Waals surface area contributed by atoms with E-state index in [1.165, 1.54) is 7.11 Å². The van der Waals surface area contributed by atoms with Crippen molar-refractivity contribution >= 4 is 27.3 Å². The summed E-state index contributed by atoms with van der Waals surface area (Å²) >= 11 is 0. The van der Waals surface area contributed by atoms with Gasteiger partial charge in [0.2, 0.25) is 10.0 Å². The van der Waals surface area contributed by atoms with Crippen LogP contribution in [0.2, 0.25) is 0 Å². The lowest BCUT2D eigenvalue weighted by Crippen LogP contribution is -2.36. The van der Waals surface area contributed by atoms with Crippen LogP contribution in [0.15, 0.2) is 18.2 Å². The van der Waals surface area contributed by atoms with Crippen molar-refractivity contribution in [3.8, 4) is 0 Å². The van der Waals surface area contributed by atoms with Crippen molar-refractivity contribution in [3.05, 3.63) is 23.8 Å². The van der Waals surface area contributed by atoms with Crippen LogP contribution >= 0.6 is 0 Å². The minimum atomic E-state index is -4.65. The smallest absolute Gasteiger partial charge is 0.381 e. The molecule has 146 valence electrons. The second-order valence-corrected chi connectivity index (χ2v) is 7.65. The topological polar surface area (TPSA) is 93.7 Å². The van der Waals surface area contributed by atoms with Gasteiger partial charge in [0.25, 0.3) is 5.91 Å². The average Bonchev–Trinajstić information content (AvgIpc) is 3.01. The number of alkyl halides is 3. The normalized spacial score (nSPS) is 19.2. The molecule has 0 bridgehead atoms. The van der Waals surface area contributed by atoms with Gasteiger partial charge in [0, 0.05) is 19.6 Å². The molecule has 2 atom stereocenters. The molecule has 1 aromatic rings. The predicted octanol–water partition coefficient (Wildman–Crippen LogP) is 2.07. The highest BCUT2D eigenvalue weighted by molar-refractivity contribution is 7.92. The van der Waals surface area contributed by atoms with E-state index in [0.717, 1.165) is 18.4 Å². The van der Waals surface area contributed by atoms with E-state index in [1.54, 1.807) is 0 Å². The Bertz CT molecular complexity index is 761. The second kappa shape index (κ2) is 7.80. The number of carbonyl (C=O) groups excluding carboxylic acids is 1. The zero-order chi connectivity index (χ0) is 19.5. The van der Waals surface area contributed by atoms with E-state index in [-0.39, 0.29) is 17.3 Å². The van der Waals surface area contributed by atoms with Gasteiger partial charge in [-0.2, -0.15) is 13.2 Å². The van der Waals surface area contributed by atoms with Crippen molar-refractivity contribution in [2.24, 2.45) is 5.92 Å². The Morgan fingerprint density at radius 3 is 2.54 bits per heavy atom. The van der Waals surface area contributed by atoms with Crippen LogP contribution in [0.1, 0.15) is 12.0 Å². The van der Waals surface area contributed by atoms with Gasteiger partial charge in [-0.3, -0.25) is 9.52 Å². The van der Waals surface area contributed by atoms with Crippen LogP contribution in [-0.4, -0.2) is 47.0 Å². The third-order valence-corrected chi connectivity index (χ3v) is 4.40. The number of halogens is 3. The third-order valence-electron chi connectivity index (χ3n) is 3.81. The number of amides is 1. The number of hydrogen-bond acceptors (Lipinski definition) is 5. The molecule has 2 N–H and O–H groups in total. The molecule has 1 aliphatic heterocycles. The fourth-order valence-corrected chi connectivity index (χ4v) is 3.20. The first-order chi connectivity index (χ1) is 12.0. The highest BCUT2D eigenvalue weighted by atomic mass is 32.2. The van der Waals surface area contributed by atoms with Crippen LogP contribution in [0.5, 0.6) is 0 Å². The van der Waals surface area contributed by atoms with E-state index in [9.17, 15) is 26.4 Å². The second-order valence-electron chi connectivity index (χ2n) is 5.90. The van der Waals surface area contributed by atoms with Gasteiger partial charge in [0.1, 0.15) is 6.10 Å². The predicted molar refractivity (Wildman–Crippen MR) is 88.3 cm³/mol. The molecule has 0 saturated carbocycles. The minimum Gasteiger partial charge on any atom is -0.381 e. The molecule has 2 unspecified atom stereocenters. The number of benzene rings is 1. The summed E-state index contributed by atoms with van der Waals surface area (Å²) in [7, 11) is -2.45. The quantitative estimate of drug-likeness (QED) is 0.768. The summed E-state index contributed by atoms with van der Waals surface area (Å²) < 4.78 is 74.2. The minimum absolute atomic E-state index is 0.175. The van der Waals surface area contributed by atoms with Gasteiger partial charge in [0.15, 0.2) is 0 Å². The Labute approximate surface area is 148 Å². The first-order valence-electron chi connectivity index (χ1n) is 7.61. The molecule has 2 rings (SSSR count). The zero-order valence-electron chi connectivity index (χ0n) is 14.1. The van der Waals surface area contributed by atoms with Crippen molar-refractivity contribution in [2.75, 3.05) is 36.6 Å². The van der Waals surface area contributed by atoms with Gasteiger partial charge < -0.3 is 14.8 Å². The van der Waals surface area contributed by atoms with Crippen LogP contribution < -0.4 is 10.0 Å². The summed E-state index contributed by atoms with van der Waals surface area (Å²) in [6, 6.07) is 2.34. The van der Waals surface area contributed by atoms with E-state index in [0.29, 0.717) is 25.7 Å². The maximum absolute atomic E-state index is 13.0. The van der Waals surface area contributed by atoms with Crippen molar-refractivity contribution < 1.29 is 35.9 Å². The molecule has 7 nitrogen and oxygen atoms in total. The average molecular weight is 396 g/mol. The molecular weight excluding hydrogens is 377 g/mol. The molecule has 26 heavy (non-hydrogen) atoms. The lowest BCUT2D eigenvalue weighted by molar-refractivity contribution is -0.137. The van der Waals surface area contributed by atoms with Crippen LogP contribution in [0, 0.1) is 5.92 Å². The number of hydrogen-bond donors (Lipinski definition) is 2. The molecule has 0 aliphatic carbocycles. The number of ether oxygens (including phenoxy) is 2. The van der Waals surface area contributed by atoms with E-state index >= 15 is 0 Å². The fraction of sp³-hybridized carbons (Fsp3) is 0.533. The van der Waals surface area contributed by atoms with E-state index in [4.69, 9.17) is 9.47 Å². The maximum Gasteiger partial charge on any atom is 0.416 e. The molecule has 11 heteroatoms. The van der Waals surface area contributed by atoms with Crippen LogP contribution in [0.3, 0.4) is 0 Å². The largest absolute Gasteiger partial charge is 0.416 e. The van der Waals surface area contributed by atoms with Crippen molar-refractivity contribution in [1.82, 2.24) is 0 Å². The van der Waals surface area contributed by atoms with Crippen LogP contribution in [0.25, 0.3) is 0 Å². The molecule has 1 aromatic carbocycles. The lowest BCUT2D eigenvalue weighted by Gasteiger charge is -2.21. The third kappa shape index (κ3) is 5.32. The summed E-state index contributed by atoms with van der Waals surface area (Å²) in [5.41, 5.74) is -1.51. The molecule has 0 aromatic heterocycles. The first kappa shape index (κ1) is 20.5. The Kier molecular flexibility index (Phi) is 6.14. The Hall–Kier alpha value is -1.85. The Morgan fingerprint density at radius 1 is 1.35 bits per heavy atom. The highest BCUT2D eigenvalue weighted by Crippen LogP contribution is 2.34. The standard InChI is InChI=1S/C15H19F3N2O5S/c1-24-13(9-5-6-25-8-9)14(21)19-12-7-10(15(16,17)18)3-4-11(12)20-26(2,22)23/h3-4,7,9,13,20H,5-6,8H2,1-2H3,(H,19,21). The number of sulfonamides is 1. The summed E-state index contributed by atoms with van der Waals surface area (Å²) in [5, 5.41) is 2.33. The van der Waals surface area contributed by atoms with E-state index in [2.05, 4.69) is 10.0 Å². The van der Waals surface area contributed by atoms with Gasteiger partial charge in [-0.15, -0.1) is 0 Å². The molecule has 0 spiro atoms. The lowest BCUT2D eigenvalue weighted by atomic mass is 10.0. The van der Waals surface area contributed by atoms with Gasteiger partial charge >= 0.3 is 6.18 Å². The molecule has 1 saturated heterocycles. The fourth-order valence-electron chi connectivity index (χ4n) is 2.62. The number of nitrogens with one attached hydrogen (secondary N) is 2. The summed E-state index contributed by atoms with van der Waals surface area (Å²) in [6.45, 7) is 0.755. The van der Waals surface area contributed by atoms with Gasteiger partial charge in [-0.25, -0.2) is 8.42 Å². The van der Waals surface area contributed by atoms with Crippen molar-refractivity contribution in [1.29, 1.82) is 0 Å². The SMILES string of the molecule is COC(C(=O)Nc1cc(C(F)(F)F)ccc1NS(C)(=O)=O)C1CCOC1. The number of anilines is 2. The van der Waals surface area contributed by atoms with Crippen molar-refractivity contribution in [3.63, 3.8) is 0 Å². The van der Waals surface area contributed by atoms with E-state index < -0.39 is 33.8 Å². The van der Waals surface area contributed by atoms with Crippen LogP contribution in [-0.2, 0) is 30.5 Å². The molecule has 1 aliphatic rings. The Balaban J connectivity index is 2.32. The molecule has 0 radical (unpaired) electrons. The number of methoxy groups -OCH3 is 1. The van der Waals surface area contributed by atoms with E-state index in [1.807, 2.05) is 0 Å². The van der Waals surface area contributed by atoms with Gasteiger partial charge in [0.05, 0.1) is 29.8 Å². The number of carbonyl (C=O) groups is 1. The van der Waals surface area contributed by atoms with Crippen LogP contribution in [0.4, 0.5) is 24.5 Å². The highest BCUT2D eigenvalue weighted by Gasteiger charge is 2.34. The maximum atomic E-state index is 13.0. The molecule has 1 amide bonds. The summed E-state index contributed by atoms with van der Waals surface area (Å²) in [5.74, 6) is -0.920. The monoisotopic (exact) mass is 396 g/mol. The summed E-state index contributed by atoms with van der Waals surface area (Å²) in [4.78, 5) is 12.5. The van der Waals surface area contributed by atoms with Crippen molar-refractivity contribution in [2.45, 2.75) is 18.7 Å². The van der Waals surface area contributed by atoms with Gasteiger partial charge in [-0.1, -0.05) is 0 Å². The zero-order valence-corrected chi connectivity index (χ0v) is 14.9. The molecule has 1 fully saturated rings. The molecule has 1 heterocycles. The van der Waals surface area contributed by atoms with Gasteiger partial charge in [-0.05, 0) is 24.6 Å². The molecular formula is C15H19F3N2O5S. The first-order valence-corrected chi connectivity index (χ1v) is 9.51. The number of rotatable bonds is 6. The summed E-state index contributed by atoms with van der Waals surface area (Å²) in [6.07, 6.45) is -4.16. The Morgan fingerprint density at radius 2 is 2.04 bits per heavy atom.